The van der Waals surface area contributed by atoms with Crippen molar-refractivity contribution in [3.05, 3.63) is 0 Å². The zero-order chi connectivity index (χ0) is 15.3. The maximum absolute atomic E-state index is 12.3. The molecule has 0 aliphatic carbocycles. The molecule has 2 atom stereocenters. The van der Waals surface area contributed by atoms with E-state index in [2.05, 4.69) is 5.32 Å². The van der Waals surface area contributed by atoms with Crippen LogP contribution in [0.2, 0.25) is 0 Å². The number of nitrogens with zero attached hydrogens (tertiary/aromatic N) is 1. The summed E-state index contributed by atoms with van der Waals surface area (Å²) in [6.45, 7) is 9.21. The summed E-state index contributed by atoms with van der Waals surface area (Å²) in [7, 11) is 0. The molecule has 0 aromatic carbocycles. The smallest absolute Gasteiger partial charge is 0.243 e. The van der Waals surface area contributed by atoms with Gasteiger partial charge in [-0.3, -0.25) is 9.59 Å². The molecule has 2 unspecified atom stereocenters. The van der Waals surface area contributed by atoms with Gasteiger partial charge in [-0.1, -0.05) is 27.7 Å². The normalized spacial score (nSPS) is 20.9. The van der Waals surface area contributed by atoms with Gasteiger partial charge in [0.15, 0.2) is 0 Å². The summed E-state index contributed by atoms with van der Waals surface area (Å²) in [5.74, 6) is 1.55. The second kappa shape index (κ2) is 7.31. The fourth-order valence-corrected chi connectivity index (χ4v) is 3.12. The number of amides is 2. The second-order valence-electron chi connectivity index (χ2n) is 6.70. The molecule has 2 amide bonds. The third-order valence-electron chi connectivity index (χ3n) is 3.21. The van der Waals surface area contributed by atoms with E-state index in [0.717, 1.165) is 0 Å². The van der Waals surface area contributed by atoms with Crippen LogP contribution in [0.25, 0.3) is 0 Å². The molecular weight excluding hydrogens is 274 g/mol. The van der Waals surface area contributed by atoms with Gasteiger partial charge in [0.1, 0.15) is 6.04 Å². The summed E-state index contributed by atoms with van der Waals surface area (Å²) in [5, 5.41) is 2.90. The monoisotopic (exact) mass is 301 g/mol. The van der Waals surface area contributed by atoms with Gasteiger partial charge in [0.25, 0.3) is 0 Å². The van der Waals surface area contributed by atoms with Gasteiger partial charge in [0.2, 0.25) is 11.8 Å². The van der Waals surface area contributed by atoms with Crippen molar-refractivity contribution in [3.63, 3.8) is 0 Å². The molecule has 1 aliphatic rings. The highest BCUT2D eigenvalue weighted by molar-refractivity contribution is 7.99. The van der Waals surface area contributed by atoms with Crippen LogP contribution in [0.3, 0.4) is 0 Å². The van der Waals surface area contributed by atoms with Crippen molar-refractivity contribution in [3.8, 4) is 0 Å². The Balaban J connectivity index is 2.56. The van der Waals surface area contributed by atoms with E-state index >= 15 is 0 Å². The number of carbonyl (C=O) groups excluding carboxylic acids is 2. The van der Waals surface area contributed by atoms with Gasteiger partial charge in [0.05, 0.1) is 5.88 Å². The molecule has 0 aromatic rings. The molecule has 0 spiro atoms. The Labute approximate surface area is 126 Å². The van der Waals surface area contributed by atoms with Crippen molar-refractivity contribution in [2.24, 2.45) is 17.1 Å². The van der Waals surface area contributed by atoms with Crippen LogP contribution in [0, 0.1) is 11.3 Å². The van der Waals surface area contributed by atoms with Crippen molar-refractivity contribution >= 4 is 23.6 Å². The summed E-state index contributed by atoms with van der Waals surface area (Å²) in [6.07, 6.45) is 0.469. The van der Waals surface area contributed by atoms with Gasteiger partial charge in [-0.2, -0.15) is 0 Å². The molecule has 0 saturated carbocycles. The van der Waals surface area contributed by atoms with Crippen LogP contribution in [-0.4, -0.2) is 47.5 Å². The van der Waals surface area contributed by atoms with Gasteiger partial charge in [0, 0.05) is 18.7 Å². The van der Waals surface area contributed by atoms with Crippen molar-refractivity contribution in [2.45, 2.75) is 40.2 Å². The molecule has 1 rings (SSSR count). The van der Waals surface area contributed by atoms with E-state index in [1.165, 1.54) is 0 Å². The third kappa shape index (κ3) is 5.32. The zero-order valence-corrected chi connectivity index (χ0v) is 13.8. The van der Waals surface area contributed by atoms with E-state index in [0.29, 0.717) is 31.1 Å². The molecule has 116 valence electrons. The van der Waals surface area contributed by atoms with Crippen LogP contribution in [0.5, 0.6) is 0 Å². The lowest BCUT2D eigenvalue weighted by atomic mass is 9.91. The van der Waals surface area contributed by atoms with Crippen LogP contribution >= 0.6 is 11.8 Å². The minimum absolute atomic E-state index is 0.0561. The molecule has 1 aliphatic heterocycles. The van der Waals surface area contributed by atoms with Crippen LogP contribution in [0.15, 0.2) is 0 Å². The summed E-state index contributed by atoms with van der Waals surface area (Å²) < 4.78 is 0. The van der Waals surface area contributed by atoms with Gasteiger partial charge >= 0.3 is 0 Å². The first-order chi connectivity index (χ1) is 9.24. The van der Waals surface area contributed by atoms with Crippen molar-refractivity contribution < 1.29 is 9.59 Å². The van der Waals surface area contributed by atoms with Crippen molar-refractivity contribution in [1.29, 1.82) is 0 Å². The highest BCUT2D eigenvalue weighted by atomic mass is 32.2. The van der Waals surface area contributed by atoms with Crippen molar-refractivity contribution in [1.82, 2.24) is 10.2 Å². The average Bonchev–Trinajstić information content (AvgIpc) is 2.82. The van der Waals surface area contributed by atoms with Crippen LogP contribution in [-0.2, 0) is 9.59 Å². The molecule has 0 bridgehead atoms. The number of thioether (sulfide) groups is 1. The molecular formula is C14H27N3O2S. The van der Waals surface area contributed by atoms with E-state index in [4.69, 9.17) is 5.73 Å². The number of nitrogens with two attached hydrogens (primary N) is 1. The Morgan fingerprint density at radius 2 is 2.10 bits per heavy atom. The number of hydrogen-bond acceptors (Lipinski definition) is 4. The predicted octanol–water partition coefficient (Wildman–Crippen LogP) is 1.04. The topological polar surface area (TPSA) is 75.4 Å². The van der Waals surface area contributed by atoms with E-state index in [1.807, 2.05) is 27.7 Å². The maximum Gasteiger partial charge on any atom is 0.243 e. The predicted molar refractivity (Wildman–Crippen MR) is 83.3 cm³/mol. The Kier molecular flexibility index (Phi) is 6.33. The minimum Gasteiger partial charge on any atom is -0.354 e. The highest BCUT2D eigenvalue weighted by Crippen LogP contribution is 2.26. The Morgan fingerprint density at radius 3 is 2.65 bits per heavy atom. The summed E-state index contributed by atoms with van der Waals surface area (Å²) in [6, 6.07) is -0.333. The largest absolute Gasteiger partial charge is 0.354 e. The lowest BCUT2D eigenvalue weighted by molar-refractivity contribution is -0.139. The van der Waals surface area contributed by atoms with Gasteiger partial charge < -0.3 is 16.0 Å². The van der Waals surface area contributed by atoms with Crippen LogP contribution < -0.4 is 11.1 Å². The zero-order valence-electron chi connectivity index (χ0n) is 12.9. The Bertz CT molecular complexity index is 355. The van der Waals surface area contributed by atoms with E-state index < -0.39 is 0 Å². The number of nitrogens with one attached hydrogen (secondary N) is 1. The molecule has 5 nitrogen and oxygen atoms in total. The van der Waals surface area contributed by atoms with E-state index in [-0.39, 0.29) is 29.2 Å². The Hall–Kier alpha value is -0.750. The number of rotatable bonds is 5. The SMILES string of the molecule is CC(CN)CNC(=O)C1CSCN1C(=O)CC(C)(C)C. The quantitative estimate of drug-likeness (QED) is 0.795. The fourth-order valence-electron chi connectivity index (χ4n) is 1.94. The standard InChI is InChI=1S/C14H27N3O2S/c1-10(6-15)7-16-13(19)11-8-20-9-17(11)12(18)5-14(2,3)4/h10-11H,5-9,15H2,1-4H3,(H,16,19). The summed E-state index contributed by atoms with van der Waals surface area (Å²) in [4.78, 5) is 26.2. The highest BCUT2D eigenvalue weighted by Gasteiger charge is 2.35. The molecule has 1 heterocycles. The van der Waals surface area contributed by atoms with Gasteiger partial charge in [-0.15, -0.1) is 11.8 Å². The molecule has 6 heteroatoms. The lowest BCUT2D eigenvalue weighted by Crippen LogP contribution is -2.48. The molecule has 3 N–H and O–H groups in total. The fraction of sp³-hybridized carbons (Fsp3) is 0.857. The van der Waals surface area contributed by atoms with Crippen LogP contribution in [0.4, 0.5) is 0 Å². The molecule has 0 aromatic heterocycles. The third-order valence-corrected chi connectivity index (χ3v) is 4.23. The number of hydrogen-bond donors (Lipinski definition) is 2. The van der Waals surface area contributed by atoms with Gasteiger partial charge in [-0.05, 0) is 17.9 Å². The summed E-state index contributed by atoms with van der Waals surface area (Å²) in [5.41, 5.74) is 5.48. The average molecular weight is 301 g/mol. The molecule has 1 saturated heterocycles. The molecule has 20 heavy (non-hydrogen) atoms. The minimum atomic E-state index is -0.333. The maximum atomic E-state index is 12.3. The van der Waals surface area contributed by atoms with E-state index in [9.17, 15) is 9.59 Å². The summed E-state index contributed by atoms with van der Waals surface area (Å²) >= 11 is 1.63. The van der Waals surface area contributed by atoms with Crippen molar-refractivity contribution in [2.75, 3.05) is 24.7 Å². The first-order valence-electron chi connectivity index (χ1n) is 7.09. The molecule has 0 radical (unpaired) electrons. The first-order valence-corrected chi connectivity index (χ1v) is 8.25. The van der Waals surface area contributed by atoms with Gasteiger partial charge in [-0.25, -0.2) is 0 Å². The van der Waals surface area contributed by atoms with Crippen LogP contribution in [0.1, 0.15) is 34.1 Å². The second-order valence-corrected chi connectivity index (χ2v) is 7.70. The lowest BCUT2D eigenvalue weighted by Gasteiger charge is -2.27. The van der Waals surface area contributed by atoms with E-state index in [1.54, 1.807) is 16.7 Å². The Morgan fingerprint density at radius 1 is 1.45 bits per heavy atom. The number of carbonyl (C=O) groups is 2. The first kappa shape index (κ1) is 17.3. The molecule has 1 fully saturated rings.